The zero-order chi connectivity index (χ0) is 16.3. The monoisotopic (exact) mass is 309 g/mol. The van der Waals surface area contributed by atoms with Crippen molar-refractivity contribution >= 4 is 12.0 Å². The van der Waals surface area contributed by atoms with Crippen molar-refractivity contribution in [2.24, 2.45) is 0 Å². The summed E-state index contributed by atoms with van der Waals surface area (Å²) >= 11 is 0. The van der Waals surface area contributed by atoms with Crippen molar-refractivity contribution < 1.29 is 9.53 Å². The van der Waals surface area contributed by atoms with Crippen LogP contribution in [0, 0.1) is 0 Å². The molecule has 0 saturated heterocycles. The van der Waals surface area contributed by atoms with E-state index in [-0.39, 0.29) is 12.1 Å². The lowest BCUT2D eigenvalue weighted by molar-refractivity contribution is -0.140. The minimum Gasteiger partial charge on any atom is -0.455 e. The molecule has 2 rings (SSSR count). The molecule has 23 heavy (non-hydrogen) atoms. The van der Waals surface area contributed by atoms with E-state index >= 15 is 0 Å². The maximum Gasteiger partial charge on any atom is 0.331 e. The molecule has 3 heteroatoms. The van der Waals surface area contributed by atoms with E-state index in [1.807, 2.05) is 55.5 Å². The second-order valence-corrected chi connectivity index (χ2v) is 5.50. The lowest BCUT2D eigenvalue weighted by Gasteiger charge is -2.09. The number of esters is 1. The van der Waals surface area contributed by atoms with Crippen LogP contribution in [0.15, 0.2) is 66.4 Å². The smallest absolute Gasteiger partial charge is 0.331 e. The van der Waals surface area contributed by atoms with Gasteiger partial charge in [0, 0.05) is 12.3 Å². The molecule has 1 atom stereocenters. The molecule has 0 spiro atoms. The number of pyridine rings is 1. The number of ether oxygens (including phenoxy) is 1. The predicted octanol–water partition coefficient (Wildman–Crippen LogP) is 4.64. The largest absolute Gasteiger partial charge is 0.455 e. The Hall–Kier alpha value is -2.42. The zero-order valence-corrected chi connectivity index (χ0v) is 13.5. The second kappa shape index (κ2) is 9.57. The lowest BCUT2D eigenvalue weighted by Crippen LogP contribution is -2.10. The molecular weight excluding hydrogens is 286 g/mol. The first-order chi connectivity index (χ1) is 11.2. The summed E-state index contributed by atoms with van der Waals surface area (Å²) in [7, 11) is 0. The van der Waals surface area contributed by atoms with Crippen molar-refractivity contribution in [2.75, 3.05) is 0 Å². The fourth-order valence-corrected chi connectivity index (χ4v) is 2.30. The Kier molecular flexibility index (Phi) is 7.05. The first kappa shape index (κ1) is 16.9. The quantitative estimate of drug-likeness (QED) is 0.436. The summed E-state index contributed by atoms with van der Waals surface area (Å²) < 4.78 is 5.30. The summed E-state index contributed by atoms with van der Waals surface area (Å²) in [5.41, 5.74) is 2.13. The molecule has 0 radical (unpaired) electrons. The third-order valence-corrected chi connectivity index (χ3v) is 3.51. The van der Waals surface area contributed by atoms with Gasteiger partial charge in [-0.05, 0) is 56.9 Å². The standard InChI is InChI=1S/C20H23NO2/c1-17(9-5-6-12-19-13-7-8-16-21-19)23-20(22)15-14-18-10-3-2-4-11-18/h5-10,12-17H,2-4,11H2,1H3/b9-5+,12-6+,15-14+. The third kappa shape index (κ3) is 6.92. The van der Waals surface area contributed by atoms with Gasteiger partial charge in [-0.25, -0.2) is 4.79 Å². The van der Waals surface area contributed by atoms with Gasteiger partial charge in [-0.3, -0.25) is 4.98 Å². The fraction of sp³-hybridized carbons (Fsp3) is 0.300. The van der Waals surface area contributed by atoms with Gasteiger partial charge < -0.3 is 4.74 Å². The summed E-state index contributed by atoms with van der Waals surface area (Å²) in [5, 5.41) is 0. The molecule has 0 aromatic carbocycles. The van der Waals surface area contributed by atoms with Crippen LogP contribution < -0.4 is 0 Å². The van der Waals surface area contributed by atoms with Gasteiger partial charge in [0.15, 0.2) is 0 Å². The normalized spacial score (nSPS) is 16.8. The van der Waals surface area contributed by atoms with E-state index in [1.54, 1.807) is 6.20 Å². The number of aromatic nitrogens is 1. The van der Waals surface area contributed by atoms with Crippen LogP contribution in [0.1, 0.15) is 38.3 Å². The molecule has 0 amide bonds. The summed E-state index contributed by atoms with van der Waals surface area (Å²) in [6.07, 6.45) is 19.2. The highest BCUT2D eigenvalue weighted by molar-refractivity contribution is 5.82. The second-order valence-electron chi connectivity index (χ2n) is 5.50. The highest BCUT2D eigenvalue weighted by Gasteiger charge is 2.04. The Balaban J connectivity index is 1.75. The summed E-state index contributed by atoms with van der Waals surface area (Å²) in [6, 6.07) is 5.75. The van der Waals surface area contributed by atoms with Gasteiger partial charge >= 0.3 is 5.97 Å². The molecule has 1 aromatic heterocycles. The number of allylic oxidation sites excluding steroid dienone is 5. The van der Waals surface area contributed by atoms with Crippen molar-refractivity contribution in [1.29, 1.82) is 0 Å². The minimum atomic E-state index is -0.303. The van der Waals surface area contributed by atoms with Crippen molar-refractivity contribution in [3.05, 3.63) is 72.1 Å². The van der Waals surface area contributed by atoms with Crippen molar-refractivity contribution in [3.8, 4) is 0 Å². The Morgan fingerprint density at radius 1 is 1.26 bits per heavy atom. The number of hydrogen-bond acceptors (Lipinski definition) is 3. The lowest BCUT2D eigenvalue weighted by atomic mass is 9.99. The van der Waals surface area contributed by atoms with E-state index in [1.165, 1.54) is 24.5 Å². The molecule has 0 fully saturated rings. The van der Waals surface area contributed by atoms with Gasteiger partial charge in [-0.15, -0.1) is 0 Å². The molecule has 0 saturated carbocycles. The van der Waals surface area contributed by atoms with E-state index in [9.17, 15) is 4.79 Å². The SMILES string of the molecule is CC(/C=C/C=C/c1ccccn1)OC(=O)/C=C/C1=CCCCC1. The summed E-state index contributed by atoms with van der Waals surface area (Å²) in [4.78, 5) is 15.9. The molecular formula is C20H23NO2. The van der Waals surface area contributed by atoms with Crippen molar-refractivity contribution in [3.63, 3.8) is 0 Å². The van der Waals surface area contributed by atoms with E-state index < -0.39 is 0 Å². The molecule has 0 bridgehead atoms. The van der Waals surface area contributed by atoms with Crippen molar-refractivity contribution in [1.82, 2.24) is 4.98 Å². The minimum absolute atomic E-state index is 0.263. The van der Waals surface area contributed by atoms with E-state index in [0.29, 0.717) is 0 Å². The zero-order valence-electron chi connectivity index (χ0n) is 13.5. The number of hydrogen-bond donors (Lipinski definition) is 0. The summed E-state index contributed by atoms with van der Waals surface area (Å²) in [6.45, 7) is 1.84. The topological polar surface area (TPSA) is 39.2 Å². The van der Waals surface area contributed by atoms with Crippen LogP contribution >= 0.6 is 0 Å². The van der Waals surface area contributed by atoms with Gasteiger partial charge in [0.05, 0.1) is 5.69 Å². The Morgan fingerprint density at radius 2 is 2.17 bits per heavy atom. The molecule has 1 unspecified atom stereocenters. The molecule has 1 aliphatic rings. The van der Waals surface area contributed by atoms with Crippen LogP contribution in [0.3, 0.4) is 0 Å². The predicted molar refractivity (Wildman–Crippen MR) is 93.7 cm³/mol. The molecule has 0 aliphatic heterocycles. The summed E-state index contributed by atoms with van der Waals surface area (Å²) in [5.74, 6) is -0.303. The van der Waals surface area contributed by atoms with Crippen molar-refractivity contribution in [2.45, 2.75) is 38.7 Å². The van der Waals surface area contributed by atoms with Crippen LogP contribution in [0.2, 0.25) is 0 Å². The molecule has 0 N–H and O–H groups in total. The van der Waals surface area contributed by atoms with Gasteiger partial charge in [0.25, 0.3) is 0 Å². The van der Waals surface area contributed by atoms with E-state index in [4.69, 9.17) is 4.74 Å². The average Bonchev–Trinajstić information content (AvgIpc) is 2.59. The van der Waals surface area contributed by atoms with Crippen LogP contribution in [0.4, 0.5) is 0 Å². The number of nitrogens with zero attached hydrogens (tertiary/aromatic N) is 1. The average molecular weight is 309 g/mol. The first-order valence-corrected chi connectivity index (χ1v) is 8.07. The van der Waals surface area contributed by atoms with Crippen LogP contribution in [0.25, 0.3) is 6.08 Å². The Labute approximate surface area is 138 Å². The first-order valence-electron chi connectivity index (χ1n) is 8.07. The highest BCUT2D eigenvalue weighted by atomic mass is 16.5. The fourth-order valence-electron chi connectivity index (χ4n) is 2.30. The molecule has 120 valence electrons. The molecule has 3 nitrogen and oxygen atoms in total. The molecule has 1 aliphatic carbocycles. The van der Waals surface area contributed by atoms with Crippen LogP contribution in [0.5, 0.6) is 0 Å². The van der Waals surface area contributed by atoms with Gasteiger partial charge in [-0.2, -0.15) is 0 Å². The van der Waals surface area contributed by atoms with Gasteiger partial charge in [-0.1, -0.05) is 35.9 Å². The number of carbonyl (C=O) groups excluding carboxylic acids is 1. The molecule has 1 aromatic rings. The number of rotatable bonds is 6. The highest BCUT2D eigenvalue weighted by Crippen LogP contribution is 2.18. The maximum absolute atomic E-state index is 11.8. The van der Waals surface area contributed by atoms with Gasteiger partial charge in [0.2, 0.25) is 0 Å². The Morgan fingerprint density at radius 3 is 2.91 bits per heavy atom. The molecule has 1 heterocycles. The van der Waals surface area contributed by atoms with Crippen LogP contribution in [-0.4, -0.2) is 17.1 Å². The van der Waals surface area contributed by atoms with Gasteiger partial charge in [0.1, 0.15) is 6.10 Å². The van der Waals surface area contributed by atoms with E-state index in [0.717, 1.165) is 18.5 Å². The maximum atomic E-state index is 11.8. The number of carbonyl (C=O) groups is 1. The third-order valence-electron chi connectivity index (χ3n) is 3.51. The Bertz CT molecular complexity index is 612. The van der Waals surface area contributed by atoms with E-state index in [2.05, 4.69) is 11.1 Å². The van der Waals surface area contributed by atoms with Crippen LogP contribution in [-0.2, 0) is 9.53 Å².